The van der Waals surface area contributed by atoms with Crippen molar-refractivity contribution >= 4 is 17.5 Å². The molecule has 0 aliphatic carbocycles. The van der Waals surface area contributed by atoms with E-state index >= 15 is 0 Å². The Morgan fingerprint density at radius 3 is 2.86 bits per heavy atom. The maximum absolute atomic E-state index is 14.8. The number of nitrogens with two attached hydrogens (primary N) is 1. The number of rotatable bonds is 8. The normalized spacial score (nSPS) is 21.1. The van der Waals surface area contributed by atoms with E-state index in [0.29, 0.717) is 63.9 Å². The molecule has 2 aliphatic rings. The number of aliphatic hydroxyl groups is 1. The Kier molecular flexibility index (Phi) is 7.40. The van der Waals surface area contributed by atoms with Crippen LogP contribution in [0.3, 0.4) is 0 Å². The number of hydrogen-bond acceptors (Lipinski definition) is 8. The summed E-state index contributed by atoms with van der Waals surface area (Å²) >= 11 is 0. The van der Waals surface area contributed by atoms with Crippen molar-refractivity contribution in [3.05, 3.63) is 24.0 Å². The molecule has 3 N–H and O–H groups in total. The van der Waals surface area contributed by atoms with Gasteiger partial charge in [0.1, 0.15) is 11.9 Å². The maximum atomic E-state index is 14.8. The van der Waals surface area contributed by atoms with Gasteiger partial charge in [0.05, 0.1) is 44.3 Å². The van der Waals surface area contributed by atoms with E-state index in [9.17, 15) is 9.18 Å². The molecule has 3 rings (SSSR count). The number of hydroxylamine groups is 2. The fraction of sp³-hybridized carbons (Fsp3) is 0.611. The highest BCUT2D eigenvalue weighted by molar-refractivity contribution is 5.90. The van der Waals surface area contributed by atoms with Gasteiger partial charge in [-0.25, -0.2) is 9.18 Å². The molecule has 2 aliphatic heterocycles. The fourth-order valence-electron chi connectivity index (χ4n) is 3.21. The van der Waals surface area contributed by atoms with Crippen molar-refractivity contribution in [2.45, 2.75) is 6.10 Å². The third-order valence-electron chi connectivity index (χ3n) is 4.70. The number of amides is 1. The van der Waals surface area contributed by atoms with Crippen LogP contribution in [0.2, 0.25) is 0 Å². The number of ether oxygens (including phenoxy) is 2. The number of carbonyl (C=O) groups excluding carboxylic acids is 1. The molecule has 10 heteroatoms. The molecule has 28 heavy (non-hydrogen) atoms. The molecule has 2 saturated heterocycles. The number of nitrogens with zero attached hydrogens (tertiary/aromatic N) is 3. The second-order valence-corrected chi connectivity index (χ2v) is 6.57. The van der Waals surface area contributed by atoms with E-state index in [4.69, 9.17) is 25.2 Å². The smallest absolute Gasteiger partial charge is 0.414 e. The summed E-state index contributed by atoms with van der Waals surface area (Å²) < 4.78 is 25.1. The van der Waals surface area contributed by atoms with E-state index in [0.717, 1.165) is 0 Å². The van der Waals surface area contributed by atoms with Gasteiger partial charge in [0, 0.05) is 32.7 Å². The molecule has 0 saturated carbocycles. The summed E-state index contributed by atoms with van der Waals surface area (Å²) in [5.41, 5.74) is 6.46. The molecule has 1 atom stereocenters. The molecule has 0 radical (unpaired) electrons. The van der Waals surface area contributed by atoms with Gasteiger partial charge in [-0.05, 0) is 18.2 Å². The van der Waals surface area contributed by atoms with Crippen molar-refractivity contribution in [1.82, 2.24) is 5.06 Å². The molecule has 9 nitrogen and oxygen atoms in total. The Morgan fingerprint density at radius 2 is 2.14 bits per heavy atom. The van der Waals surface area contributed by atoms with Crippen LogP contribution in [0.25, 0.3) is 0 Å². The lowest BCUT2D eigenvalue weighted by Gasteiger charge is -2.24. The third-order valence-corrected chi connectivity index (χ3v) is 4.70. The fourth-order valence-corrected chi connectivity index (χ4v) is 3.21. The molecule has 2 fully saturated rings. The van der Waals surface area contributed by atoms with E-state index in [2.05, 4.69) is 0 Å². The summed E-state index contributed by atoms with van der Waals surface area (Å²) in [4.78, 5) is 20.9. The monoisotopic (exact) mass is 398 g/mol. The molecule has 156 valence electrons. The van der Waals surface area contributed by atoms with Crippen molar-refractivity contribution in [2.75, 3.05) is 75.5 Å². The average molecular weight is 398 g/mol. The first-order valence-corrected chi connectivity index (χ1v) is 9.41. The molecule has 1 aromatic rings. The highest BCUT2D eigenvalue weighted by Crippen LogP contribution is 2.28. The summed E-state index contributed by atoms with van der Waals surface area (Å²) in [6, 6.07) is 4.74. The number of benzene rings is 1. The Hall–Kier alpha value is -1.98. The minimum Gasteiger partial charge on any atom is -0.443 e. The first kappa shape index (κ1) is 20.7. The van der Waals surface area contributed by atoms with Gasteiger partial charge in [0.15, 0.2) is 0 Å². The van der Waals surface area contributed by atoms with Gasteiger partial charge < -0.3 is 25.2 Å². The zero-order chi connectivity index (χ0) is 19.9. The minimum absolute atomic E-state index is 0.00800. The predicted octanol–water partition coefficient (Wildman–Crippen LogP) is 0.172. The Bertz CT molecular complexity index is 665. The molecule has 0 aromatic heterocycles. The van der Waals surface area contributed by atoms with Crippen molar-refractivity contribution in [3.63, 3.8) is 0 Å². The number of halogens is 1. The van der Waals surface area contributed by atoms with Gasteiger partial charge in [0.2, 0.25) is 0 Å². The quantitative estimate of drug-likeness (QED) is 0.598. The summed E-state index contributed by atoms with van der Waals surface area (Å²) in [6.45, 7) is 4.05. The van der Waals surface area contributed by atoms with Crippen LogP contribution in [0.1, 0.15) is 0 Å². The zero-order valence-electron chi connectivity index (χ0n) is 15.8. The van der Waals surface area contributed by atoms with Crippen LogP contribution in [0.5, 0.6) is 0 Å². The van der Waals surface area contributed by atoms with Crippen molar-refractivity contribution in [3.8, 4) is 0 Å². The maximum Gasteiger partial charge on any atom is 0.414 e. The van der Waals surface area contributed by atoms with Gasteiger partial charge in [-0.15, -0.1) is 0 Å². The SMILES string of the molecule is NC[C@H]1CN(c2ccc(N3CCON(CCOCCO)CC3)c(F)c2)C(=O)O1. The molecular formula is C18H27FN4O5. The summed E-state index contributed by atoms with van der Waals surface area (Å²) in [5.74, 6) is -0.402. The summed E-state index contributed by atoms with van der Waals surface area (Å²) in [6.07, 6.45) is -0.879. The van der Waals surface area contributed by atoms with Gasteiger partial charge in [-0.2, -0.15) is 5.06 Å². The zero-order valence-corrected chi connectivity index (χ0v) is 15.8. The molecule has 1 amide bonds. The van der Waals surface area contributed by atoms with E-state index < -0.39 is 11.9 Å². The van der Waals surface area contributed by atoms with Crippen LogP contribution in [0.4, 0.5) is 20.6 Å². The average Bonchev–Trinajstić information content (AvgIpc) is 2.92. The first-order chi connectivity index (χ1) is 13.6. The molecule has 1 aromatic carbocycles. The summed E-state index contributed by atoms with van der Waals surface area (Å²) in [5, 5.41) is 10.5. The van der Waals surface area contributed by atoms with E-state index in [1.54, 1.807) is 17.2 Å². The van der Waals surface area contributed by atoms with Gasteiger partial charge >= 0.3 is 6.09 Å². The van der Waals surface area contributed by atoms with Gasteiger partial charge in [-0.1, -0.05) is 0 Å². The topological polar surface area (TPSA) is 101 Å². The van der Waals surface area contributed by atoms with Crippen LogP contribution in [-0.2, 0) is 14.3 Å². The van der Waals surface area contributed by atoms with Crippen LogP contribution in [0, 0.1) is 5.82 Å². The first-order valence-electron chi connectivity index (χ1n) is 9.41. The predicted molar refractivity (Wildman–Crippen MR) is 101 cm³/mol. The lowest BCUT2D eigenvalue weighted by Crippen LogP contribution is -2.32. The highest BCUT2D eigenvalue weighted by atomic mass is 19.1. The molecule has 0 spiro atoms. The molecule has 2 heterocycles. The van der Waals surface area contributed by atoms with E-state index in [1.165, 1.54) is 11.0 Å². The highest BCUT2D eigenvalue weighted by Gasteiger charge is 2.32. The van der Waals surface area contributed by atoms with Crippen molar-refractivity contribution < 1.29 is 28.6 Å². The second-order valence-electron chi connectivity index (χ2n) is 6.57. The van der Waals surface area contributed by atoms with Crippen molar-refractivity contribution in [1.29, 1.82) is 0 Å². The Balaban J connectivity index is 1.59. The lowest BCUT2D eigenvalue weighted by atomic mass is 10.2. The summed E-state index contributed by atoms with van der Waals surface area (Å²) in [7, 11) is 0. The third kappa shape index (κ3) is 5.09. The van der Waals surface area contributed by atoms with Crippen LogP contribution >= 0.6 is 0 Å². The molecule has 0 bridgehead atoms. The number of anilines is 2. The van der Waals surface area contributed by atoms with E-state index in [-0.39, 0.29) is 19.3 Å². The molecule has 0 unspecified atom stereocenters. The molecular weight excluding hydrogens is 371 g/mol. The largest absolute Gasteiger partial charge is 0.443 e. The van der Waals surface area contributed by atoms with Crippen LogP contribution in [0.15, 0.2) is 18.2 Å². The van der Waals surface area contributed by atoms with Gasteiger partial charge in [0.25, 0.3) is 0 Å². The van der Waals surface area contributed by atoms with Crippen LogP contribution < -0.4 is 15.5 Å². The van der Waals surface area contributed by atoms with Gasteiger partial charge in [-0.3, -0.25) is 9.74 Å². The standard InChI is InChI=1S/C18H27FN4O5/c19-16-11-14(23-13-15(12-20)28-18(23)25)1-2-17(16)21-3-4-22(27-9-5-21)6-8-26-10-7-24/h1-2,11,15,24H,3-10,12-13,20H2/t15-/m0/s1. The second kappa shape index (κ2) is 9.99. The Labute approximate surface area is 163 Å². The Morgan fingerprint density at radius 1 is 1.29 bits per heavy atom. The number of carbonyl (C=O) groups is 1. The lowest BCUT2D eigenvalue weighted by molar-refractivity contribution is -0.156. The number of cyclic esters (lactones) is 1. The van der Waals surface area contributed by atoms with E-state index in [1.807, 2.05) is 4.90 Å². The van der Waals surface area contributed by atoms with Crippen molar-refractivity contribution in [2.24, 2.45) is 5.73 Å². The number of hydrogen-bond donors (Lipinski definition) is 2. The van der Waals surface area contributed by atoms with Crippen LogP contribution in [-0.4, -0.2) is 88.1 Å². The number of aliphatic hydroxyl groups excluding tert-OH is 1. The minimum atomic E-state index is -0.509.